The molecule has 0 bridgehead atoms. The second-order valence-electron chi connectivity index (χ2n) is 4.42. The maximum Gasteiger partial charge on any atom is 0.391 e. The molecule has 1 aromatic heterocycles. The van der Waals surface area contributed by atoms with Gasteiger partial charge in [0.2, 0.25) is 0 Å². The van der Waals surface area contributed by atoms with E-state index < -0.39 is 58.9 Å². The fourth-order valence-electron chi connectivity index (χ4n) is 1.46. The van der Waals surface area contributed by atoms with Crippen molar-refractivity contribution in [3.63, 3.8) is 0 Å². The monoisotopic (exact) mass is 388 g/mol. The van der Waals surface area contributed by atoms with E-state index in [9.17, 15) is 34.8 Å². The minimum atomic E-state index is -4.48. The quantitative estimate of drug-likeness (QED) is 0.409. The molecule has 0 aliphatic rings. The fourth-order valence-corrected chi connectivity index (χ4v) is 2.47. The third kappa shape index (κ3) is 7.88. The molecule has 0 aliphatic carbocycles. The number of ether oxygens (including phenoxy) is 1. The number of hydrogen-bond acceptors (Lipinski definition) is 4. The molecule has 0 atom stereocenters. The van der Waals surface area contributed by atoms with E-state index in [2.05, 4.69) is 9.84 Å². The first kappa shape index (κ1) is 20.0. The van der Waals surface area contributed by atoms with Crippen LogP contribution in [0.1, 0.15) is 18.5 Å². The maximum atomic E-state index is 12.1. The minimum Gasteiger partial charge on any atom is -0.375 e. The van der Waals surface area contributed by atoms with Crippen LogP contribution in [0.25, 0.3) is 0 Å². The highest BCUT2D eigenvalue weighted by Crippen LogP contribution is 2.24. The van der Waals surface area contributed by atoms with E-state index in [0.29, 0.717) is 4.68 Å². The van der Waals surface area contributed by atoms with Gasteiger partial charge in [0, 0.05) is 23.4 Å². The highest BCUT2D eigenvalue weighted by Gasteiger charge is 2.29. The molecule has 0 aromatic carbocycles. The van der Waals surface area contributed by atoms with Gasteiger partial charge >= 0.3 is 12.4 Å². The number of alkyl halides is 6. The molecule has 1 heterocycles. The summed E-state index contributed by atoms with van der Waals surface area (Å²) in [5, 5.41) is 3.56. The molecule has 0 fully saturated rings. The molecule has 1 aromatic rings. The normalized spacial score (nSPS) is 13.5. The average molecular weight is 389 g/mol. The summed E-state index contributed by atoms with van der Waals surface area (Å²) in [6.07, 6.45) is -10.7. The Morgan fingerprint density at radius 1 is 1.13 bits per heavy atom. The molecule has 0 spiro atoms. The van der Waals surface area contributed by atoms with Crippen LogP contribution in [0.5, 0.6) is 0 Å². The number of halogens is 7. The highest BCUT2D eigenvalue weighted by molar-refractivity contribution is 8.13. The van der Waals surface area contributed by atoms with Gasteiger partial charge in [-0.05, 0) is 0 Å². The van der Waals surface area contributed by atoms with Crippen LogP contribution in [0.4, 0.5) is 26.3 Å². The summed E-state index contributed by atoms with van der Waals surface area (Å²) in [4.78, 5) is -0.603. The molecule has 0 aliphatic heterocycles. The van der Waals surface area contributed by atoms with E-state index in [1.807, 2.05) is 0 Å². The summed E-state index contributed by atoms with van der Waals surface area (Å²) in [5.74, 6) is 0. The Kier molecular flexibility index (Phi) is 6.32. The van der Waals surface area contributed by atoms with Gasteiger partial charge in [-0.15, -0.1) is 0 Å². The summed E-state index contributed by atoms with van der Waals surface area (Å²) in [7, 11) is 0.787. The predicted octanol–water partition coefficient (Wildman–Crippen LogP) is 3.23. The zero-order valence-electron chi connectivity index (χ0n) is 11.3. The van der Waals surface area contributed by atoms with Gasteiger partial charge in [0.05, 0.1) is 26.1 Å². The van der Waals surface area contributed by atoms with Crippen molar-refractivity contribution in [2.45, 2.75) is 43.2 Å². The standard InChI is InChI=1S/C10H11ClF6N2O3S/c11-23(20,21)8-5-19(3-1-9(12,13)14)18-7(8)6-22-4-2-10(15,16)17/h5H,1-4,6H2. The number of aryl methyl sites for hydroxylation is 1. The number of aromatic nitrogens is 2. The van der Waals surface area contributed by atoms with Crippen LogP contribution in [0.15, 0.2) is 11.1 Å². The van der Waals surface area contributed by atoms with Crippen LogP contribution in [0.3, 0.4) is 0 Å². The molecule has 23 heavy (non-hydrogen) atoms. The lowest BCUT2D eigenvalue weighted by molar-refractivity contribution is -0.146. The zero-order valence-corrected chi connectivity index (χ0v) is 12.9. The predicted molar refractivity (Wildman–Crippen MR) is 66.3 cm³/mol. The van der Waals surface area contributed by atoms with Crippen molar-refractivity contribution in [3.8, 4) is 0 Å². The molecule has 0 unspecified atom stereocenters. The van der Waals surface area contributed by atoms with Crippen molar-refractivity contribution < 1.29 is 39.5 Å². The lowest BCUT2D eigenvalue weighted by Crippen LogP contribution is -2.13. The Hall–Kier alpha value is -1.01. The summed E-state index contributed by atoms with van der Waals surface area (Å²) in [6.45, 7) is -2.04. The highest BCUT2D eigenvalue weighted by atomic mass is 35.7. The zero-order chi connectivity index (χ0) is 17.9. The van der Waals surface area contributed by atoms with Crippen molar-refractivity contribution in [3.05, 3.63) is 11.9 Å². The first-order valence-electron chi connectivity index (χ1n) is 6.00. The van der Waals surface area contributed by atoms with E-state index >= 15 is 0 Å². The average Bonchev–Trinajstić information content (AvgIpc) is 2.73. The van der Waals surface area contributed by atoms with Gasteiger partial charge in [0.15, 0.2) is 0 Å². The smallest absolute Gasteiger partial charge is 0.375 e. The molecular weight excluding hydrogens is 378 g/mol. The van der Waals surface area contributed by atoms with E-state index in [-0.39, 0.29) is 5.69 Å². The molecule has 0 amide bonds. The van der Waals surface area contributed by atoms with Gasteiger partial charge in [-0.25, -0.2) is 8.42 Å². The second kappa shape index (κ2) is 7.26. The van der Waals surface area contributed by atoms with Gasteiger partial charge < -0.3 is 4.74 Å². The van der Waals surface area contributed by atoms with Gasteiger partial charge in [-0.3, -0.25) is 4.68 Å². The summed E-state index contributed by atoms with van der Waals surface area (Å²) < 4.78 is 100. The van der Waals surface area contributed by atoms with Crippen molar-refractivity contribution in [2.75, 3.05) is 6.61 Å². The van der Waals surface area contributed by atoms with Crippen molar-refractivity contribution in [1.82, 2.24) is 9.78 Å². The molecule has 134 valence electrons. The first-order chi connectivity index (χ1) is 10.3. The van der Waals surface area contributed by atoms with Crippen LogP contribution in [-0.4, -0.2) is 37.2 Å². The third-order valence-corrected chi connectivity index (χ3v) is 3.82. The lowest BCUT2D eigenvalue weighted by atomic mass is 10.4. The first-order valence-corrected chi connectivity index (χ1v) is 8.31. The fraction of sp³-hybridized carbons (Fsp3) is 0.700. The molecule has 0 radical (unpaired) electrons. The van der Waals surface area contributed by atoms with E-state index in [1.54, 1.807) is 0 Å². The topological polar surface area (TPSA) is 61.2 Å². The van der Waals surface area contributed by atoms with Crippen LogP contribution < -0.4 is 0 Å². The van der Waals surface area contributed by atoms with Gasteiger partial charge in [0.25, 0.3) is 9.05 Å². The van der Waals surface area contributed by atoms with Gasteiger partial charge in [0.1, 0.15) is 10.6 Å². The largest absolute Gasteiger partial charge is 0.391 e. The summed E-state index contributed by atoms with van der Waals surface area (Å²) in [6, 6.07) is 0. The second-order valence-corrected chi connectivity index (χ2v) is 6.96. The summed E-state index contributed by atoms with van der Waals surface area (Å²) >= 11 is 0. The molecule has 1 rings (SSSR count). The Bertz CT molecular complexity index is 626. The number of hydrogen-bond donors (Lipinski definition) is 0. The molecule has 0 saturated heterocycles. The minimum absolute atomic E-state index is 0.357. The Labute approximate surface area is 131 Å². The van der Waals surface area contributed by atoms with E-state index in [0.717, 1.165) is 6.20 Å². The lowest BCUT2D eigenvalue weighted by Gasteiger charge is -2.07. The molecular formula is C10H11ClF6N2O3S. The van der Waals surface area contributed by atoms with E-state index in [1.165, 1.54) is 0 Å². The molecule has 13 heteroatoms. The maximum absolute atomic E-state index is 12.1. The van der Waals surface area contributed by atoms with Gasteiger partial charge in [-0.1, -0.05) is 0 Å². The molecule has 0 saturated carbocycles. The van der Waals surface area contributed by atoms with Crippen LogP contribution in [0.2, 0.25) is 0 Å². The molecule has 0 N–H and O–H groups in total. The SMILES string of the molecule is O=S(=O)(Cl)c1cn(CCC(F)(F)F)nc1COCCC(F)(F)F. The van der Waals surface area contributed by atoms with Crippen LogP contribution in [-0.2, 0) is 26.9 Å². The van der Waals surface area contributed by atoms with Crippen molar-refractivity contribution in [2.24, 2.45) is 0 Å². The summed E-state index contributed by atoms with van der Waals surface area (Å²) in [5.41, 5.74) is -0.357. The van der Waals surface area contributed by atoms with Crippen molar-refractivity contribution in [1.29, 1.82) is 0 Å². The van der Waals surface area contributed by atoms with Crippen LogP contribution in [0, 0.1) is 0 Å². The van der Waals surface area contributed by atoms with Crippen molar-refractivity contribution >= 4 is 19.7 Å². The number of nitrogens with zero attached hydrogens (tertiary/aromatic N) is 2. The third-order valence-electron chi connectivity index (χ3n) is 2.46. The Morgan fingerprint density at radius 3 is 2.17 bits per heavy atom. The Balaban J connectivity index is 2.78. The Morgan fingerprint density at radius 2 is 1.70 bits per heavy atom. The van der Waals surface area contributed by atoms with Crippen LogP contribution >= 0.6 is 10.7 Å². The van der Waals surface area contributed by atoms with Gasteiger partial charge in [-0.2, -0.15) is 31.4 Å². The number of rotatable bonds is 7. The molecule has 5 nitrogen and oxygen atoms in total. The van der Waals surface area contributed by atoms with E-state index in [4.69, 9.17) is 10.7 Å².